The molecule has 0 unspecified atom stereocenters. The van der Waals surface area contributed by atoms with Crippen molar-refractivity contribution in [1.29, 1.82) is 0 Å². The van der Waals surface area contributed by atoms with Crippen LogP contribution in [0.5, 0.6) is 0 Å². The zero-order valence-corrected chi connectivity index (χ0v) is 9.06. The number of rotatable bonds is 3. The van der Waals surface area contributed by atoms with E-state index in [1.807, 2.05) is 0 Å². The third-order valence-electron chi connectivity index (χ3n) is 2.15. The molecule has 0 radical (unpaired) electrons. The zero-order valence-electron chi connectivity index (χ0n) is 9.06. The van der Waals surface area contributed by atoms with E-state index in [0.717, 1.165) is 6.26 Å². The summed E-state index contributed by atoms with van der Waals surface area (Å²) in [5.74, 6) is -1.32. The van der Waals surface area contributed by atoms with E-state index in [0.29, 0.717) is 11.9 Å². The van der Waals surface area contributed by atoms with Crippen molar-refractivity contribution in [2.45, 2.75) is 20.3 Å². The molecule has 0 N–H and O–H groups in total. The van der Waals surface area contributed by atoms with Gasteiger partial charge >= 0.3 is 11.9 Å². The van der Waals surface area contributed by atoms with Crippen LogP contribution in [0.1, 0.15) is 20.3 Å². The van der Waals surface area contributed by atoms with Crippen molar-refractivity contribution in [2.24, 2.45) is 5.92 Å². The topological polar surface area (TPSA) is 69.7 Å². The Kier molecular flexibility index (Phi) is 3.99. The van der Waals surface area contributed by atoms with Crippen LogP contribution in [-0.4, -0.2) is 18.2 Å². The number of ether oxygens (including phenoxy) is 2. The van der Waals surface area contributed by atoms with Crippen LogP contribution in [0.2, 0.25) is 0 Å². The molecule has 0 amide bonds. The molecular weight excluding hydrogens is 212 g/mol. The van der Waals surface area contributed by atoms with Gasteiger partial charge in [-0.25, -0.2) is 0 Å². The van der Waals surface area contributed by atoms with Crippen molar-refractivity contribution in [3.05, 3.63) is 23.7 Å². The van der Waals surface area contributed by atoms with E-state index in [9.17, 15) is 14.4 Å². The van der Waals surface area contributed by atoms with Crippen molar-refractivity contribution in [3.63, 3.8) is 0 Å². The molecule has 1 aliphatic rings. The molecule has 0 aromatic heterocycles. The zero-order chi connectivity index (χ0) is 12.1. The third kappa shape index (κ3) is 2.79. The first kappa shape index (κ1) is 12.2. The summed E-state index contributed by atoms with van der Waals surface area (Å²) in [6.45, 7) is 2.92. The quantitative estimate of drug-likeness (QED) is 0.408. The molecule has 1 heterocycles. The van der Waals surface area contributed by atoms with Crippen LogP contribution in [0, 0.1) is 5.92 Å². The Morgan fingerprint density at radius 3 is 2.81 bits per heavy atom. The Morgan fingerprint density at radius 1 is 1.62 bits per heavy atom. The summed E-state index contributed by atoms with van der Waals surface area (Å²) in [5.41, 5.74) is 0.393. The van der Waals surface area contributed by atoms with Crippen LogP contribution in [0.15, 0.2) is 23.7 Å². The monoisotopic (exact) mass is 224 g/mol. The maximum absolute atomic E-state index is 11.1. The number of carbonyl (C=O) groups excluding carboxylic acids is 3. The molecule has 1 atom stereocenters. The molecule has 0 fully saturated rings. The largest absolute Gasteiger partial charge is 0.431 e. The molecule has 0 saturated heterocycles. The fraction of sp³-hybridized carbons (Fsp3) is 0.364. The van der Waals surface area contributed by atoms with Gasteiger partial charge in [0.05, 0.1) is 12.3 Å². The van der Waals surface area contributed by atoms with Crippen molar-refractivity contribution in [1.82, 2.24) is 0 Å². The highest BCUT2D eigenvalue weighted by atomic mass is 16.6. The molecule has 0 spiro atoms. The van der Waals surface area contributed by atoms with E-state index < -0.39 is 17.9 Å². The molecule has 16 heavy (non-hydrogen) atoms. The summed E-state index contributed by atoms with van der Waals surface area (Å²) in [7, 11) is 0. The SMILES string of the molecule is C/C=C(\C=O)[C@H]1CC(=O)OC=C1OC(C)=O. The van der Waals surface area contributed by atoms with Gasteiger partial charge in [0.2, 0.25) is 0 Å². The molecule has 0 aliphatic carbocycles. The highest BCUT2D eigenvalue weighted by Crippen LogP contribution is 2.28. The molecule has 86 valence electrons. The summed E-state index contributed by atoms with van der Waals surface area (Å²) < 4.78 is 9.52. The summed E-state index contributed by atoms with van der Waals surface area (Å²) in [4.78, 5) is 32.7. The summed E-state index contributed by atoms with van der Waals surface area (Å²) in [6, 6.07) is 0. The summed E-state index contributed by atoms with van der Waals surface area (Å²) in [5, 5.41) is 0. The van der Waals surface area contributed by atoms with Crippen LogP contribution < -0.4 is 0 Å². The van der Waals surface area contributed by atoms with Gasteiger partial charge in [-0.3, -0.25) is 14.4 Å². The number of hydrogen-bond acceptors (Lipinski definition) is 5. The minimum absolute atomic E-state index is 0.00245. The first-order valence-corrected chi connectivity index (χ1v) is 4.77. The lowest BCUT2D eigenvalue weighted by molar-refractivity contribution is -0.145. The van der Waals surface area contributed by atoms with Crippen molar-refractivity contribution >= 4 is 18.2 Å². The normalized spacial score (nSPS) is 20.9. The van der Waals surface area contributed by atoms with Gasteiger partial charge in [0.25, 0.3) is 0 Å². The number of allylic oxidation sites excluding steroid dienone is 2. The van der Waals surface area contributed by atoms with Crippen molar-refractivity contribution < 1.29 is 23.9 Å². The average Bonchev–Trinajstić information content (AvgIpc) is 2.23. The van der Waals surface area contributed by atoms with Crippen molar-refractivity contribution in [3.8, 4) is 0 Å². The van der Waals surface area contributed by atoms with Crippen LogP contribution in [0.3, 0.4) is 0 Å². The Labute approximate surface area is 92.7 Å². The number of carbonyl (C=O) groups is 3. The molecule has 1 rings (SSSR count). The lowest BCUT2D eigenvalue weighted by Crippen LogP contribution is -2.22. The van der Waals surface area contributed by atoms with E-state index in [1.54, 1.807) is 13.0 Å². The predicted molar refractivity (Wildman–Crippen MR) is 53.9 cm³/mol. The second-order valence-corrected chi connectivity index (χ2v) is 3.27. The van der Waals surface area contributed by atoms with Gasteiger partial charge in [-0.2, -0.15) is 0 Å². The van der Waals surface area contributed by atoms with E-state index in [1.165, 1.54) is 6.92 Å². The van der Waals surface area contributed by atoms with Crippen LogP contribution >= 0.6 is 0 Å². The van der Waals surface area contributed by atoms with E-state index in [2.05, 4.69) is 4.74 Å². The Morgan fingerprint density at radius 2 is 2.31 bits per heavy atom. The maximum Gasteiger partial charge on any atom is 0.311 e. The summed E-state index contributed by atoms with van der Waals surface area (Å²) in [6.07, 6.45) is 3.29. The van der Waals surface area contributed by atoms with Crippen LogP contribution in [-0.2, 0) is 23.9 Å². The maximum atomic E-state index is 11.1. The molecule has 0 aromatic rings. The number of aldehydes is 1. The van der Waals surface area contributed by atoms with Gasteiger partial charge in [0.15, 0.2) is 5.76 Å². The average molecular weight is 224 g/mol. The van der Waals surface area contributed by atoms with Crippen LogP contribution in [0.4, 0.5) is 0 Å². The molecule has 1 aliphatic heterocycles. The molecular formula is C11H12O5. The molecule has 5 heteroatoms. The smallest absolute Gasteiger partial charge is 0.311 e. The lowest BCUT2D eigenvalue weighted by atomic mass is 9.93. The fourth-order valence-corrected chi connectivity index (χ4v) is 1.42. The van der Waals surface area contributed by atoms with E-state index in [4.69, 9.17) is 4.74 Å². The van der Waals surface area contributed by atoms with E-state index in [-0.39, 0.29) is 12.2 Å². The molecule has 5 nitrogen and oxygen atoms in total. The van der Waals surface area contributed by atoms with E-state index >= 15 is 0 Å². The van der Waals surface area contributed by atoms with Gasteiger partial charge < -0.3 is 9.47 Å². The van der Waals surface area contributed by atoms with Crippen LogP contribution in [0.25, 0.3) is 0 Å². The van der Waals surface area contributed by atoms with Gasteiger partial charge in [0.1, 0.15) is 12.5 Å². The number of esters is 2. The Hall–Kier alpha value is -1.91. The van der Waals surface area contributed by atoms with Gasteiger partial charge in [-0.15, -0.1) is 0 Å². The Balaban J connectivity index is 2.97. The van der Waals surface area contributed by atoms with Gasteiger partial charge in [0, 0.05) is 6.92 Å². The van der Waals surface area contributed by atoms with Gasteiger partial charge in [-0.05, 0) is 12.5 Å². The standard InChI is InChI=1S/C11H12O5/c1-3-8(5-12)9-4-11(14)15-6-10(9)16-7(2)13/h3,5-6,9H,4H2,1-2H3/b8-3+/t9-/m1/s1. The fourth-order valence-electron chi connectivity index (χ4n) is 1.42. The lowest BCUT2D eigenvalue weighted by Gasteiger charge is -2.21. The summed E-state index contributed by atoms with van der Waals surface area (Å²) >= 11 is 0. The minimum atomic E-state index is -0.535. The first-order valence-electron chi connectivity index (χ1n) is 4.77. The number of cyclic esters (lactones) is 1. The third-order valence-corrected chi connectivity index (χ3v) is 2.15. The number of hydrogen-bond donors (Lipinski definition) is 0. The molecule has 0 aromatic carbocycles. The second-order valence-electron chi connectivity index (χ2n) is 3.27. The van der Waals surface area contributed by atoms with Gasteiger partial charge in [-0.1, -0.05) is 6.08 Å². The first-order chi connectivity index (χ1) is 7.58. The van der Waals surface area contributed by atoms with Crippen molar-refractivity contribution in [2.75, 3.05) is 0 Å². The highest BCUT2D eigenvalue weighted by Gasteiger charge is 2.29. The molecule has 0 saturated carbocycles. The highest BCUT2D eigenvalue weighted by molar-refractivity contribution is 5.80. The minimum Gasteiger partial charge on any atom is -0.431 e. The Bertz CT molecular complexity index is 378. The predicted octanol–water partition coefficient (Wildman–Crippen LogP) is 1.10. The molecule has 0 bridgehead atoms. The second kappa shape index (κ2) is 5.25.